The second kappa shape index (κ2) is 12.1. The van der Waals surface area contributed by atoms with E-state index in [4.69, 9.17) is 14.2 Å². The third kappa shape index (κ3) is 5.98. The van der Waals surface area contributed by atoms with Gasteiger partial charge < -0.3 is 19.5 Å². The molecule has 0 radical (unpaired) electrons. The Morgan fingerprint density at radius 2 is 1.67 bits per heavy atom. The molecule has 1 N–H and O–H groups in total. The Balaban J connectivity index is 1.56. The van der Waals surface area contributed by atoms with Crippen LogP contribution >= 0.6 is 11.8 Å². The van der Waals surface area contributed by atoms with Crippen molar-refractivity contribution in [3.05, 3.63) is 89.7 Å². The van der Waals surface area contributed by atoms with Crippen LogP contribution < -0.4 is 19.5 Å². The van der Waals surface area contributed by atoms with Gasteiger partial charge in [0.25, 0.3) is 5.91 Å². The summed E-state index contributed by atoms with van der Waals surface area (Å²) in [5.74, 6) is 2.87. The van der Waals surface area contributed by atoms with Gasteiger partial charge in [-0.2, -0.15) is 0 Å². The zero-order valence-electron chi connectivity index (χ0n) is 20.4. The first-order valence-electron chi connectivity index (χ1n) is 11.4. The zero-order chi connectivity index (χ0) is 25.3. The molecule has 0 saturated carbocycles. The van der Waals surface area contributed by atoms with Crippen LogP contribution in [0.25, 0.3) is 5.69 Å². The van der Waals surface area contributed by atoms with Crippen LogP contribution in [0.2, 0.25) is 0 Å². The molecule has 0 aliphatic rings. The van der Waals surface area contributed by atoms with Crippen molar-refractivity contribution in [1.82, 2.24) is 20.1 Å². The van der Waals surface area contributed by atoms with Crippen molar-refractivity contribution in [3.8, 4) is 22.9 Å². The molecule has 1 heterocycles. The van der Waals surface area contributed by atoms with E-state index in [-0.39, 0.29) is 12.5 Å². The number of aryl methyl sites for hydroxylation is 1. The summed E-state index contributed by atoms with van der Waals surface area (Å²) in [7, 11) is 4.71. The average Bonchev–Trinajstić information content (AvgIpc) is 3.34. The molecule has 8 nitrogen and oxygen atoms in total. The van der Waals surface area contributed by atoms with Gasteiger partial charge in [0.1, 0.15) is 17.2 Å². The lowest BCUT2D eigenvalue weighted by Crippen LogP contribution is -2.25. The number of carbonyl (C=O) groups is 1. The number of nitrogens with one attached hydrogen (secondary N) is 1. The normalized spacial score (nSPS) is 10.6. The molecule has 0 aliphatic carbocycles. The lowest BCUT2D eigenvalue weighted by Gasteiger charge is -2.13. The van der Waals surface area contributed by atoms with E-state index in [1.54, 1.807) is 44.2 Å². The topological polar surface area (TPSA) is 87.5 Å². The summed E-state index contributed by atoms with van der Waals surface area (Å²) in [5, 5.41) is 12.5. The molecule has 3 aromatic carbocycles. The van der Waals surface area contributed by atoms with Gasteiger partial charge in [0.15, 0.2) is 11.0 Å². The number of amides is 1. The maximum absolute atomic E-state index is 13.0. The van der Waals surface area contributed by atoms with Gasteiger partial charge in [0, 0.05) is 11.8 Å². The third-order valence-electron chi connectivity index (χ3n) is 5.53. The summed E-state index contributed by atoms with van der Waals surface area (Å²) < 4.78 is 18.0. The number of thioether (sulfide) groups is 1. The van der Waals surface area contributed by atoms with Crippen LogP contribution in [0.5, 0.6) is 17.2 Å². The number of hydrogen-bond donors (Lipinski definition) is 1. The Morgan fingerprint density at radius 3 is 2.42 bits per heavy atom. The minimum absolute atomic E-state index is 0.169. The largest absolute Gasteiger partial charge is 0.497 e. The van der Waals surface area contributed by atoms with E-state index < -0.39 is 0 Å². The van der Waals surface area contributed by atoms with Crippen molar-refractivity contribution in [2.24, 2.45) is 0 Å². The van der Waals surface area contributed by atoms with Crippen LogP contribution in [0.1, 0.15) is 21.7 Å². The molecule has 0 saturated heterocycles. The molecule has 9 heteroatoms. The molecule has 186 valence electrons. The van der Waals surface area contributed by atoms with Crippen molar-refractivity contribution in [3.63, 3.8) is 0 Å². The van der Waals surface area contributed by atoms with Gasteiger partial charge in [-0.05, 0) is 42.3 Å². The van der Waals surface area contributed by atoms with Crippen molar-refractivity contribution in [1.29, 1.82) is 0 Å². The number of benzene rings is 3. The van der Waals surface area contributed by atoms with Crippen LogP contribution in [0.4, 0.5) is 0 Å². The average molecular weight is 505 g/mol. The maximum atomic E-state index is 13.0. The van der Waals surface area contributed by atoms with E-state index in [1.807, 2.05) is 47.0 Å². The number of methoxy groups -OCH3 is 3. The van der Waals surface area contributed by atoms with Gasteiger partial charge in [-0.3, -0.25) is 9.36 Å². The van der Waals surface area contributed by atoms with Crippen LogP contribution in [0.3, 0.4) is 0 Å². The van der Waals surface area contributed by atoms with E-state index in [0.29, 0.717) is 22.9 Å². The Kier molecular flexibility index (Phi) is 8.46. The van der Waals surface area contributed by atoms with Gasteiger partial charge in [-0.15, -0.1) is 10.2 Å². The smallest absolute Gasteiger partial charge is 0.255 e. The molecule has 0 spiro atoms. The van der Waals surface area contributed by atoms with Crippen LogP contribution in [0.15, 0.2) is 78.0 Å². The van der Waals surface area contributed by atoms with Gasteiger partial charge >= 0.3 is 0 Å². The predicted octanol–water partition coefficient (Wildman–Crippen LogP) is 4.56. The molecule has 1 amide bonds. The van der Waals surface area contributed by atoms with Gasteiger partial charge in [-0.1, -0.05) is 48.2 Å². The monoisotopic (exact) mass is 504 g/mol. The highest BCUT2D eigenvalue weighted by Gasteiger charge is 2.18. The zero-order valence-corrected chi connectivity index (χ0v) is 21.2. The first-order valence-corrected chi connectivity index (χ1v) is 12.4. The molecule has 4 rings (SSSR count). The van der Waals surface area contributed by atoms with Crippen molar-refractivity contribution in [2.45, 2.75) is 18.1 Å². The number of rotatable bonds is 11. The van der Waals surface area contributed by atoms with Gasteiger partial charge in [0.05, 0.1) is 39.1 Å². The maximum Gasteiger partial charge on any atom is 0.255 e. The number of nitrogens with zero attached hydrogens (tertiary/aromatic N) is 3. The highest BCUT2D eigenvalue weighted by atomic mass is 32.2. The van der Waals surface area contributed by atoms with E-state index in [0.717, 1.165) is 28.8 Å². The summed E-state index contributed by atoms with van der Waals surface area (Å²) in [5.41, 5.74) is 2.49. The highest BCUT2D eigenvalue weighted by molar-refractivity contribution is 7.99. The molecular formula is C27H28N4O4S. The molecule has 1 aromatic heterocycles. The summed E-state index contributed by atoms with van der Waals surface area (Å²) in [6, 6.07) is 23.1. The highest BCUT2D eigenvalue weighted by Crippen LogP contribution is 2.26. The Bertz CT molecular complexity index is 1310. The SMILES string of the molecule is COc1cccc(-n2c(CNC(=O)c3cc(OC)ccc3OC)nnc2SCCc2ccccc2)c1. The van der Waals surface area contributed by atoms with Crippen LogP contribution in [0, 0.1) is 0 Å². The van der Waals surface area contributed by atoms with E-state index >= 15 is 0 Å². The van der Waals surface area contributed by atoms with Crippen LogP contribution in [-0.2, 0) is 13.0 Å². The summed E-state index contributed by atoms with van der Waals surface area (Å²) in [4.78, 5) is 13.0. The Hall–Kier alpha value is -3.98. The quantitative estimate of drug-likeness (QED) is 0.300. The minimum atomic E-state index is -0.302. The van der Waals surface area contributed by atoms with Gasteiger partial charge in [0.2, 0.25) is 0 Å². The molecule has 0 aliphatic heterocycles. The number of ether oxygens (including phenoxy) is 3. The Morgan fingerprint density at radius 1 is 0.889 bits per heavy atom. The summed E-state index contributed by atoms with van der Waals surface area (Å²) in [6.45, 7) is 0.169. The second-order valence-electron chi connectivity index (χ2n) is 7.77. The standard InChI is InChI=1S/C27H28N4O4S/c1-33-21-11-7-10-20(16-21)31-25(29-30-27(31)36-15-14-19-8-5-4-6-9-19)18-28-26(32)23-17-22(34-2)12-13-24(23)35-3/h4-13,16-17H,14-15,18H2,1-3H3,(H,28,32). The summed E-state index contributed by atoms with van der Waals surface area (Å²) in [6.07, 6.45) is 0.901. The minimum Gasteiger partial charge on any atom is -0.497 e. The molecule has 0 fully saturated rings. The fraction of sp³-hybridized carbons (Fsp3) is 0.222. The second-order valence-corrected chi connectivity index (χ2v) is 8.83. The molecule has 4 aromatic rings. The van der Waals surface area contributed by atoms with E-state index in [2.05, 4.69) is 27.6 Å². The summed E-state index contributed by atoms with van der Waals surface area (Å²) >= 11 is 1.61. The number of hydrogen-bond acceptors (Lipinski definition) is 7. The fourth-order valence-corrected chi connectivity index (χ4v) is 4.63. The van der Waals surface area contributed by atoms with E-state index in [9.17, 15) is 4.79 Å². The Labute approximate surface area is 214 Å². The fourth-order valence-electron chi connectivity index (χ4n) is 3.67. The molecule has 0 atom stereocenters. The number of aromatic nitrogens is 3. The van der Waals surface area contributed by atoms with Crippen molar-refractivity contribution < 1.29 is 19.0 Å². The van der Waals surface area contributed by atoms with Crippen molar-refractivity contribution in [2.75, 3.05) is 27.1 Å². The lowest BCUT2D eigenvalue weighted by molar-refractivity contribution is 0.0946. The third-order valence-corrected chi connectivity index (χ3v) is 6.47. The first kappa shape index (κ1) is 25.1. The molecule has 36 heavy (non-hydrogen) atoms. The first-order chi connectivity index (χ1) is 17.6. The molecule has 0 unspecified atom stereocenters. The lowest BCUT2D eigenvalue weighted by atomic mass is 10.1. The van der Waals surface area contributed by atoms with Crippen molar-refractivity contribution >= 4 is 17.7 Å². The predicted molar refractivity (Wildman–Crippen MR) is 139 cm³/mol. The van der Waals surface area contributed by atoms with Gasteiger partial charge in [-0.25, -0.2) is 0 Å². The number of carbonyl (C=O) groups excluding carboxylic acids is 1. The van der Waals surface area contributed by atoms with E-state index in [1.165, 1.54) is 12.7 Å². The molecular weight excluding hydrogens is 476 g/mol. The molecule has 0 bridgehead atoms. The van der Waals surface area contributed by atoms with Crippen LogP contribution in [-0.4, -0.2) is 47.8 Å².